The van der Waals surface area contributed by atoms with E-state index in [4.69, 9.17) is 0 Å². The number of aromatic nitrogens is 2. The normalized spacial score (nSPS) is 11.2. The van der Waals surface area contributed by atoms with Gasteiger partial charge in [0.2, 0.25) is 0 Å². The van der Waals surface area contributed by atoms with Crippen molar-refractivity contribution in [3.05, 3.63) is 36.8 Å². The molecule has 2 rings (SSSR count). The zero-order valence-electron chi connectivity index (χ0n) is 10.1. The number of anilines is 2. The van der Waals surface area contributed by atoms with Gasteiger partial charge in [-0.2, -0.15) is 0 Å². The molecule has 2 aromatic heterocycles. The number of nitrogens with one attached hydrogen (secondary N) is 2. The Labute approximate surface area is 106 Å². The van der Waals surface area contributed by atoms with Gasteiger partial charge in [-0.3, -0.25) is 4.31 Å². The third-order valence-corrected chi connectivity index (χ3v) is 4.38. The van der Waals surface area contributed by atoms with Crippen molar-refractivity contribution >= 4 is 21.5 Å². The summed E-state index contributed by atoms with van der Waals surface area (Å²) in [5.74, 6) is 0.686. The molecule has 6 nitrogen and oxygen atoms in total. The summed E-state index contributed by atoms with van der Waals surface area (Å²) in [6.07, 6.45) is 4.53. The number of nitrogens with zero attached hydrogens (tertiary/aromatic N) is 2. The molecule has 0 saturated carbocycles. The zero-order chi connectivity index (χ0) is 13.2. The minimum Gasteiger partial charge on any atom is -0.373 e. The van der Waals surface area contributed by atoms with E-state index in [0.717, 1.165) is 0 Å². The summed E-state index contributed by atoms with van der Waals surface area (Å²) in [5.41, 5.74) is 0.509. The van der Waals surface area contributed by atoms with Crippen LogP contribution in [-0.4, -0.2) is 32.5 Å². The van der Waals surface area contributed by atoms with Crippen molar-refractivity contribution in [3.63, 3.8) is 0 Å². The van der Waals surface area contributed by atoms with E-state index in [9.17, 15) is 8.42 Å². The minimum atomic E-state index is -3.53. The minimum absolute atomic E-state index is 0.225. The highest BCUT2D eigenvalue weighted by Gasteiger charge is 2.21. The molecule has 0 aromatic carbocycles. The van der Waals surface area contributed by atoms with Gasteiger partial charge in [-0.15, -0.1) is 0 Å². The number of hydrogen-bond acceptors (Lipinski definition) is 4. The molecule has 0 amide bonds. The summed E-state index contributed by atoms with van der Waals surface area (Å²) in [7, 11) is -0.276. The second-order valence-electron chi connectivity index (χ2n) is 3.67. The average molecular weight is 266 g/mol. The fourth-order valence-electron chi connectivity index (χ4n) is 1.49. The molecule has 2 N–H and O–H groups in total. The summed E-state index contributed by atoms with van der Waals surface area (Å²) in [5, 5.41) is 2.88. The van der Waals surface area contributed by atoms with Crippen LogP contribution in [0, 0.1) is 0 Å². The van der Waals surface area contributed by atoms with Gasteiger partial charge in [0.05, 0.1) is 11.9 Å². The van der Waals surface area contributed by atoms with Gasteiger partial charge in [-0.1, -0.05) is 0 Å². The Morgan fingerprint density at radius 2 is 2.11 bits per heavy atom. The van der Waals surface area contributed by atoms with Crippen molar-refractivity contribution in [2.75, 3.05) is 23.7 Å². The third kappa shape index (κ3) is 2.17. The number of aromatic amines is 1. The highest BCUT2D eigenvalue weighted by atomic mass is 32.2. The number of hydrogen-bond donors (Lipinski definition) is 2. The van der Waals surface area contributed by atoms with Gasteiger partial charge in [0.1, 0.15) is 10.7 Å². The van der Waals surface area contributed by atoms with Crippen LogP contribution in [0.1, 0.15) is 0 Å². The van der Waals surface area contributed by atoms with Gasteiger partial charge in [-0.05, 0) is 18.2 Å². The maximum absolute atomic E-state index is 12.2. The van der Waals surface area contributed by atoms with Crippen molar-refractivity contribution in [2.24, 2.45) is 0 Å². The Kier molecular flexibility index (Phi) is 3.24. The van der Waals surface area contributed by atoms with E-state index in [2.05, 4.69) is 15.3 Å². The monoisotopic (exact) mass is 266 g/mol. The largest absolute Gasteiger partial charge is 0.373 e. The van der Waals surface area contributed by atoms with Crippen LogP contribution in [0.2, 0.25) is 0 Å². The molecule has 0 aliphatic carbocycles. The fourth-order valence-corrected chi connectivity index (χ4v) is 2.64. The van der Waals surface area contributed by atoms with Gasteiger partial charge >= 0.3 is 0 Å². The topological polar surface area (TPSA) is 78.1 Å². The first-order valence-corrected chi connectivity index (χ1v) is 6.75. The molecule has 0 radical (unpaired) electrons. The molecule has 0 unspecified atom stereocenters. The van der Waals surface area contributed by atoms with E-state index in [-0.39, 0.29) is 4.90 Å². The van der Waals surface area contributed by atoms with Crippen LogP contribution in [0.15, 0.2) is 41.7 Å². The summed E-state index contributed by atoms with van der Waals surface area (Å²) >= 11 is 0. The lowest BCUT2D eigenvalue weighted by Gasteiger charge is -2.18. The van der Waals surface area contributed by atoms with Gasteiger partial charge in [0, 0.05) is 26.5 Å². The summed E-state index contributed by atoms with van der Waals surface area (Å²) < 4.78 is 25.6. The van der Waals surface area contributed by atoms with E-state index in [1.54, 1.807) is 25.4 Å². The fraction of sp³-hybridized carbons (Fsp3) is 0.182. The van der Waals surface area contributed by atoms with Crippen LogP contribution < -0.4 is 9.62 Å². The Balaban J connectivity index is 2.33. The molecule has 7 heteroatoms. The summed E-state index contributed by atoms with van der Waals surface area (Å²) in [4.78, 5) is 7.04. The molecule has 2 aromatic rings. The number of sulfonamides is 1. The maximum atomic E-state index is 12.2. The van der Waals surface area contributed by atoms with Crippen molar-refractivity contribution in [2.45, 2.75) is 4.90 Å². The lowest BCUT2D eigenvalue weighted by molar-refractivity contribution is 0.594. The molecule has 0 aliphatic heterocycles. The van der Waals surface area contributed by atoms with Gasteiger partial charge in [-0.25, -0.2) is 13.4 Å². The van der Waals surface area contributed by atoms with Crippen molar-refractivity contribution in [1.29, 1.82) is 0 Å². The third-order valence-electron chi connectivity index (χ3n) is 2.60. The first-order valence-electron chi connectivity index (χ1n) is 5.31. The molecule has 96 valence electrons. The highest BCUT2D eigenvalue weighted by Crippen LogP contribution is 2.21. The second-order valence-corrected chi connectivity index (χ2v) is 5.64. The summed E-state index contributed by atoms with van der Waals surface area (Å²) in [6.45, 7) is 0. The van der Waals surface area contributed by atoms with Crippen molar-refractivity contribution < 1.29 is 8.42 Å². The molecule has 0 saturated heterocycles. The Morgan fingerprint density at radius 1 is 1.33 bits per heavy atom. The number of rotatable bonds is 4. The standard InChI is InChI=1S/C11H14N4O2S/c1-12-11-4-3-9(7-14-11)15(2)18(16,17)10-5-6-13-8-10/h3-8,13H,1-2H3,(H,12,14). The second kappa shape index (κ2) is 4.69. The zero-order valence-corrected chi connectivity index (χ0v) is 10.9. The Morgan fingerprint density at radius 3 is 2.61 bits per heavy atom. The van der Waals surface area contributed by atoms with Crippen LogP contribution in [0.4, 0.5) is 11.5 Å². The van der Waals surface area contributed by atoms with Gasteiger partial charge < -0.3 is 10.3 Å². The quantitative estimate of drug-likeness (QED) is 0.873. The van der Waals surface area contributed by atoms with E-state index in [1.165, 1.54) is 29.8 Å². The Hall–Kier alpha value is -2.02. The van der Waals surface area contributed by atoms with E-state index < -0.39 is 10.0 Å². The molecule has 18 heavy (non-hydrogen) atoms. The average Bonchev–Trinajstić information content (AvgIpc) is 2.92. The molecule has 0 bridgehead atoms. The molecule has 0 fully saturated rings. The van der Waals surface area contributed by atoms with Crippen LogP contribution in [0.5, 0.6) is 0 Å². The SMILES string of the molecule is CNc1ccc(N(C)S(=O)(=O)c2cc[nH]c2)cn1. The van der Waals surface area contributed by atoms with Gasteiger partial charge in [0.25, 0.3) is 10.0 Å². The number of H-pyrrole nitrogens is 1. The summed E-state index contributed by atoms with van der Waals surface area (Å²) in [6, 6.07) is 4.93. The molecule has 2 heterocycles. The molecule has 0 spiro atoms. The van der Waals surface area contributed by atoms with Crippen molar-refractivity contribution in [1.82, 2.24) is 9.97 Å². The molecular formula is C11H14N4O2S. The first kappa shape index (κ1) is 12.4. The van der Waals surface area contributed by atoms with Crippen LogP contribution in [0.3, 0.4) is 0 Å². The molecular weight excluding hydrogens is 252 g/mol. The predicted molar refractivity (Wildman–Crippen MR) is 70.2 cm³/mol. The number of pyridine rings is 1. The smallest absolute Gasteiger partial charge is 0.265 e. The van der Waals surface area contributed by atoms with E-state index >= 15 is 0 Å². The van der Waals surface area contributed by atoms with E-state index in [1.807, 2.05) is 0 Å². The van der Waals surface area contributed by atoms with Crippen LogP contribution in [0.25, 0.3) is 0 Å². The van der Waals surface area contributed by atoms with Gasteiger partial charge in [0.15, 0.2) is 0 Å². The molecule has 0 atom stereocenters. The highest BCUT2D eigenvalue weighted by molar-refractivity contribution is 7.92. The van der Waals surface area contributed by atoms with Crippen LogP contribution >= 0.6 is 0 Å². The van der Waals surface area contributed by atoms with E-state index in [0.29, 0.717) is 11.5 Å². The predicted octanol–water partition coefficient (Wildman–Crippen LogP) is 1.28. The van der Waals surface area contributed by atoms with Crippen LogP contribution in [-0.2, 0) is 10.0 Å². The lowest BCUT2D eigenvalue weighted by Crippen LogP contribution is -2.26. The lowest BCUT2D eigenvalue weighted by atomic mass is 10.4. The Bertz CT molecular complexity index is 605. The van der Waals surface area contributed by atoms with Crippen molar-refractivity contribution in [3.8, 4) is 0 Å². The first-order chi connectivity index (χ1) is 8.55. The molecule has 0 aliphatic rings. The maximum Gasteiger partial charge on any atom is 0.265 e.